The lowest BCUT2D eigenvalue weighted by molar-refractivity contribution is 0.146. The van der Waals surface area contributed by atoms with Crippen LogP contribution in [-0.4, -0.2) is 56.1 Å². The Bertz CT molecular complexity index is 429. The SMILES string of the molecule is CN=C(NCCSC)NCC(c1ccco1)N1CCCCC1. The second-order valence-electron chi connectivity index (χ2n) is 5.50. The third-order valence-electron chi connectivity index (χ3n) is 3.99. The molecule has 1 atom stereocenters. The fourth-order valence-electron chi connectivity index (χ4n) is 2.81. The highest BCUT2D eigenvalue weighted by atomic mass is 32.2. The molecule has 0 aliphatic carbocycles. The number of guanidine groups is 1. The molecule has 1 aromatic heterocycles. The van der Waals surface area contributed by atoms with Gasteiger partial charge in [-0.25, -0.2) is 0 Å². The minimum absolute atomic E-state index is 0.273. The molecule has 0 spiro atoms. The molecule has 0 radical (unpaired) electrons. The van der Waals surface area contributed by atoms with Crippen molar-refractivity contribution >= 4 is 17.7 Å². The Labute approximate surface area is 137 Å². The maximum atomic E-state index is 5.67. The van der Waals surface area contributed by atoms with Crippen molar-refractivity contribution in [3.63, 3.8) is 0 Å². The van der Waals surface area contributed by atoms with Crippen LogP contribution >= 0.6 is 11.8 Å². The first-order chi connectivity index (χ1) is 10.8. The van der Waals surface area contributed by atoms with Gasteiger partial charge in [-0.15, -0.1) is 0 Å². The molecule has 6 heteroatoms. The van der Waals surface area contributed by atoms with E-state index in [0.29, 0.717) is 0 Å². The molecular formula is C16H28N4OS. The summed E-state index contributed by atoms with van der Waals surface area (Å²) in [5.41, 5.74) is 0. The van der Waals surface area contributed by atoms with Crippen molar-refractivity contribution in [1.82, 2.24) is 15.5 Å². The minimum Gasteiger partial charge on any atom is -0.468 e. The number of hydrogen-bond donors (Lipinski definition) is 2. The first-order valence-corrected chi connectivity index (χ1v) is 9.45. The van der Waals surface area contributed by atoms with Crippen molar-refractivity contribution in [3.05, 3.63) is 24.2 Å². The van der Waals surface area contributed by atoms with Crippen molar-refractivity contribution in [2.24, 2.45) is 4.99 Å². The van der Waals surface area contributed by atoms with Crippen molar-refractivity contribution in [1.29, 1.82) is 0 Å². The third kappa shape index (κ3) is 5.25. The van der Waals surface area contributed by atoms with Gasteiger partial charge in [0.2, 0.25) is 0 Å². The van der Waals surface area contributed by atoms with Gasteiger partial charge in [0.15, 0.2) is 5.96 Å². The summed E-state index contributed by atoms with van der Waals surface area (Å²) in [5, 5.41) is 6.78. The zero-order chi connectivity index (χ0) is 15.6. The third-order valence-corrected chi connectivity index (χ3v) is 4.60. The van der Waals surface area contributed by atoms with E-state index < -0.39 is 0 Å². The van der Waals surface area contributed by atoms with Gasteiger partial charge in [0.1, 0.15) is 5.76 Å². The highest BCUT2D eigenvalue weighted by Gasteiger charge is 2.24. The summed E-state index contributed by atoms with van der Waals surface area (Å²) in [4.78, 5) is 6.81. The van der Waals surface area contributed by atoms with Crippen LogP contribution < -0.4 is 10.6 Å². The van der Waals surface area contributed by atoms with Crippen LogP contribution in [0.3, 0.4) is 0 Å². The highest BCUT2D eigenvalue weighted by molar-refractivity contribution is 7.98. The Balaban J connectivity index is 1.91. The Morgan fingerprint density at radius 3 is 2.82 bits per heavy atom. The maximum Gasteiger partial charge on any atom is 0.191 e. The van der Waals surface area contributed by atoms with E-state index >= 15 is 0 Å². The van der Waals surface area contributed by atoms with E-state index in [1.54, 1.807) is 6.26 Å². The van der Waals surface area contributed by atoms with E-state index in [1.807, 2.05) is 24.9 Å². The average Bonchev–Trinajstić information content (AvgIpc) is 3.09. The Morgan fingerprint density at radius 1 is 1.36 bits per heavy atom. The molecule has 1 aromatic rings. The van der Waals surface area contributed by atoms with E-state index in [2.05, 4.69) is 32.8 Å². The summed E-state index contributed by atoms with van der Waals surface area (Å²) < 4.78 is 5.67. The summed E-state index contributed by atoms with van der Waals surface area (Å²) in [5.74, 6) is 2.98. The molecule has 5 nitrogen and oxygen atoms in total. The number of nitrogens with zero attached hydrogens (tertiary/aromatic N) is 2. The molecule has 1 unspecified atom stereocenters. The van der Waals surface area contributed by atoms with Crippen LogP contribution in [0.25, 0.3) is 0 Å². The van der Waals surface area contributed by atoms with Gasteiger partial charge in [-0.2, -0.15) is 11.8 Å². The molecule has 2 heterocycles. The molecular weight excluding hydrogens is 296 g/mol. The summed E-state index contributed by atoms with van der Waals surface area (Å²) >= 11 is 1.83. The van der Waals surface area contributed by atoms with Gasteiger partial charge in [0.05, 0.1) is 12.3 Å². The molecule has 0 saturated carbocycles. The first kappa shape index (κ1) is 17.2. The lowest BCUT2D eigenvalue weighted by Crippen LogP contribution is -2.44. The second kappa shape index (κ2) is 9.79. The number of nitrogens with one attached hydrogen (secondary N) is 2. The number of aliphatic imine (C=N–C) groups is 1. The van der Waals surface area contributed by atoms with Gasteiger partial charge in [-0.1, -0.05) is 6.42 Å². The lowest BCUT2D eigenvalue weighted by atomic mass is 10.1. The Morgan fingerprint density at radius 2 is 2.18 bits per heavy atom. The quantitative estimate of drug-likeness (QED) is 0.458. The van der Waals surface area contributed by atoms with E-state index in [0.717, 1.165) is 43.7 Å². The highest BCUT2D eigenvalue weighted by Crippen LogP contribution is 2.24. The second-order valence-corrected chi connectivity index (χ2v) is 6.49. The molecule has 22 heavy (non-hydrogen) atoms. The Hall–Kier alpha value is -1.14. The van der Waals surface area contributed by atoms with Gasteiger partial charge in [0, 0.05) is 25.9 Å². The van der Waals surface area contributed by atoms with Gasteiger partial charge < -0.3 is 15.1 Å². The van der Waals surface area contributed by atoms with Crippen molar-refractivity contribution in [3.8, 4) is 0 Å². The monoisotopic (exact) mass is 324 g/mol. The summed E-state index contributed by atoms with van der Waals surface area (Å²) in [6.07, 6.45) is 7.77. The topological polar surface area (TPSA) is 52.8 Å². The van der Waals surface area contributed by atoms with Crippen LogP contribution in [0.5, 0.6) is 0 Å². The van der Waals surface area contributed by atoms with Gasteiger partial charge in [-0.3, -0.25) is 9.89 Å². The zero-order valence-electron chi connectivity index (χ0n) is 13.7. The van der Waals surface area contributed by atoms with Gasteiger partial charge in [-0.05, 0) is 44.3 Å². The van der Waals surface area contributed by atoms with Crippen LogP contribution in [0.4, 0.5) is 0 Å². The predicted molar refractivity (Wildman–Crippen MR) is 94.6 cm³/mol. The summed E-state index contributed by atoms with van der Waals surface area (Å²) in [7, 11) is 1.82. The van der Waals surface area contributed by atoms with Gasteiger partial charge in [0.25, 0.3) is 0 Å². The van der Waals surface area contributed by atoms with E-state index in [4.69, 9.17) is 4.42 Å². The van der Waals surface area contributed by atoms with E-state index in [1.165, 1.54) is 19.3 Å². The smallest absolute Gasteiger partial charge is 0.191 e. The molecule has 1 saturated heterocycles. The largest absolute Gasteiger partial charge is 0.468 e. The number of hydrogen-bond acceptors (Lipinski definition) is 4. The van der Waals surface area contributed by atoms with E-state index in [-0.39, 0.29) is 6.04 Å². The number of thioether (sulfide) groups is 1. The lowest BCUT2D eigenvalue weighted by Gasteiger charge is -2.33. The van der Waals surface area contributed by atoms with Crippen LogP contribution in [0.15, 0.2) is 27.8 Å². The number of piperidine rings is 1. The van der Waals surface area contributed by atoms with E-state index in [9.17, 15) is 0 Å². The fraction of sp³-hybridized carbons (Fsp3) is 0.688. The average molecular weight is 324 g/mol. The molecule has 1 aliphatic rings. The van der Waals surface area contributed by atoms with Crippen LogP contribution in [0.1, 0.15) is 31.1 Å². The number of rotatable bonds is 7. The molecule has 0 aromatic carbocycles. The number of furan rings is 1. The standard InChI is InChI=1S/C16H28N4OS/c1-17-16(18-8-12-22-2)19-13-14(15-7-6-11-21-15)20-9-4-3-5-10-20/h6-7,11,14H,3-5,8-10,12-13H2,1-2H3,(H2,17,18,19). The molecule has 0 bridgehead atoms. The first-order valence-electron chi connectivity index (χ1n) is 8.06. The summed E-state index contributed by atoms with van der Waals surface area (Å²) in [6, 6.07) is 4.32. The fourth-order valence-corrected chi connectivity index (χ4v) is 3.11. The molecule has 124 valence electrons. The summed E-state index contributed by atoms with van der Waals surface area (Å²) in [6.45, 7) is 4.03. The van der Waals surface area contributed by atoms with Gasteiger partial charge >= 0.3 is 0 Å². The van der Waals surface area contributed by atoms with Crippen LogP contribution in [0, 0.1) is 0 Å². The van der Waals surface area contributed by atoms with Crippen molar-refractivity contribution < 1.29 is 4.42 Å². The van der Waals surface area contributed by atoms with Crippen molar-refractivity contribution in [2.75, 3.05) is 45.2 Å². The number of likely N-dealkylation sites (tertiary alicyclic amines) is 1. The Kier molecular flexibility index (Phi) is 7.66. The molecule has 2 N–H and O–H groups in total. The molecule has 1 aliphatic heterocycles. The zero-order valence-corrected chi connectivity index (χ0v) is 14.5. The minimum atomic E-state index is 0.273. The normalized spacial score (nSPS) is 18.2. The van der Waals surface area contributed by atoms with Crippen LogP contribution in [-0.2, 0) is 0 Å². The molecule has 2 rings (SSSR count). The van der Waals surface area contributed by atoms with Crippen LogP contribution in [0.2, 0.25) is 0 Å². The maximum absolute atomic E-state index is 5.67. The predicted octanol–water partition coefficient (Wildman–Crippen LogP) is 2.33. The molecule has 1 fully saturated rings. The van der Waals surface area contributed by atoms with Crippen molar-refractivity contribution in [2.45, 2.75) is 25.3 Å². The molecule has 0 amide bonds.